The molecule has 0 rings (SSSR count). The second kappa shape index (κ2) is 7.59. The molecule has 0 aromatic rings. The van der Waals surface area contributed by atoms with E-state index in [4.69, 9.17) is 5.11 Å². The van der Waals surface area contributed by atoms with Crippen LogP contribution in [-0.4, -0.2) is 44.5 Å². The van der Waals surface area contributed by atoms with Gasteiger partial charge in [-0.1, -0.05) is 0 Å². The normalized spacial score (nSPS) is 13.4. The molecule has 0 radical (unpaired) electrons. The fraction of sp³-hybridized carbons (Fsp3) is 0.889. The van der Waals surface area contributed by atoms with Crippen molar-refractivity contribution in [3.63, 3.8) is 0 Å². The average Bonchev–Trinajstić information content (AvgIpc) is 2.13. The first-order chi connectivity index (χ1) is 7.41. The molecule has 6 nitrogen and oxygen atoms in total. The molecule has 0 heterocycles. The van der Waals surface area contributed by atoms with E-state index in [-0.39, 0.29) is 19.3 Å². The van der Waals surface area contributed by atoms with Gasteiger partial charge in [-0.2, -0.15) is 0 Å². The largest absolute Gasteiger partial charge is 0.465 e. The predicted molar refractivity (Wildman–Crippen MR) is 59.3 cm³/mol. The smallest absolute Gasteiger partial charge is 0.322 e. The van der Waals surface area contributed by atoms with Gasteiger partial charge in [0.25, 0.3) is 0 Å². The highest BCUT2D eigenvalue weighted by atomic mass is 32.2. The number of aliphatic hydroxyl groups excluding tert-OH is 1. The molecule has 96 valence electrons. The Hall–Kier alpha value is -0.660. The van der Waals surface area contributed by atoms with Gasteiger partial charge in [-0.05, 0) is 26.7 Å². The summed E-state index contributed by atoms with van der Waals surface area (Å²) in [7, 11) is -3.64. The third-order valence-electron chi connectivity index (χ3n) is 1.79. The van der Waals surface area contributed by atoms with Crippen LogP contribution in [0.1, 0.15) is 26.7 Å². The number of rotatable bonds is 8. The summed E-state index contributed by atoms with van der Waals surface area (Å²) < 4.78 is 29.7. The van der Waals surface area contributed by atoms with Crippen LogP contribution < -0.4 is 4.72 Å². The van der Waals surface area contributed by atoms with Gasteiger partial charge in [-0.3, -0.25) is 4.79 Å². The molecule has 0 saturated heterocycles. The summed E-state index contributed by atoms with van der Waals surface area (Å²) in [5.74, 6) is -1.42. The van der Waals surface area contributed by atoms with Crippen LogP contribution in [0.4, 0.5) is 0 Å². The molecular weight excluding hydrogens is 234 g/mol. The van der Waals surface area contributed by atoms with E-state index in [1.807, 2.05) is 0 Å². The number of ether oxygens (including phenoxy) is 1. The van der Waals surface area contributed by atoms with Crippen LogP contribution in [0.3, 0.4) is 0 Å². The van der Waals surface area contributed by atoms with Gasteiger partial charge >= 0.3 is 5.97 Å². The number of carbonyl (C=O) groups is 1. The molecule has 0 saturated carbocycles. The zero-order valence-electron chi connectivity index (χ0n) is 9.60. The second-order valence-corrected chi connectivity index (χ2v) is 5.20. The van der Waals surface area contributed by atoms with Crippen LogP contribution in [0, 0.1) is 0 Å². The van der Waals surface area contributed by atoms with Gasteiger partial charge in [-0.25, -0.2) is 13.1 Å². The molecule has 0 aliphatic carbocycles. The summed E-state index contributed by atoms with van der Waals surface area (Å²) in [5, 5.41) is 8.58. The van der Waals surface area contributed by atoms with Gasteiger partial charge in [0, 0.05) is 12.6 Å². The Kier molecular flexibility index (Phi) is 7.27. The van der Waals surface area contributed by atoms with E-state index in [9.17, 15) is 13.2 Å². The Morgan fingerprint density at radius 2 is 2.12 bits per heavy atom. The number of nitrogens with one attached hydrogen (secondary N) is 1. The molecule has 0 bridgehead atoms. The first kappa shape index (κ1) is 15.3. The van der Waals surface area contributed by atoms with Crippen LogP contribution in [0.25, 0.3) is 0 Å². The van der Waals surface area contributed by atoms with Crippen molar-refractivity contribution in [3.8, 4) is 0 Å². The molecule has 16 heavy (non-hydrogen) atoms. The Bertz CT molecular complexity index is 301. The van der Waals surface area contributed by atoms with E-state index in [1.165, 1.54) is 0 Å². The standard InChI is InChI=1S/C9H19NO5S/c1-3-15-9(12)7-16(13,14)10-8(2)5-4-6-11/h8,10-11H,3-7H2,1-2H3. The fourth-order valence-electron chi connectivity index (χ4n) is 1.16. The number of sulfonamides is 1. The summed E-state index contributed by atoms with van der Waals surface area (Å²) in [5.41, 5.74) is 0. The van der Waals surface area contributed by atoms with Gasteiger partial charge in [0.05, 0.1) is 6.61 Å². The molecule has 1 unspecified atom stereocenters. The summed E-state index contributed by atoms with van der Waals surface area (Å²) in [6.07, 6.45) is 1.04. The Labute approximate surface area is 96.0 Å². The highest BCUT2D eigenvalue weighted by molar-refractivity contribution is 7.90. The zero-order valence-corrected chi connectivity index (χ0v) is 10.4. The highest BCUT2D eigenvalue weighted by Crippen LogP contribution is 1.98. The van der Waals surface area contributed by atoms with E-state index in [0.29, 0.717) is 12.8 Å². The van der Waals surface area contributed by atoms with Crippen molar-refractivity contribution in [1.82, 2.24) is 4.72 Å². The monoisotopic (exact) mass is 253 g/mol. The molecule has 0 aliphatic rings. The highest BCUT2D eigenvalue weighted by Gasteiger charge is 2.19. The molecule has 7 heteroatoms. The van der Waals surface area contributed by atoms with Gasteiger partial charge in [0.2, 0.25) is 10.0 Å². The Morgan fingerprint density at radius 3 is 2.62 bits per heavy atom. The first-order valence-electron chi connectivity index (χ1n) is 5.17. The van der Waals surface area contributed by atoms with Crippen molar-refractivity contribution in [1.29, 1.82) is 0 Å². The zero-order chi connectivity index (χ0) is 12.6. The summed E-state index contributed by atoms with van der Waals surface area (Å²) in [4.78, 5) is 11.0. The lowest BCUT2D eigenvalue weighted by Gasteiger charge is -2.12. The summed E-state index contributed by atoms with van der Waals surface area (Å²) >= 11 is 0. The molecule has 0 aromatic heterocycles. The molecule has 1 atom stereocenters. The van der Waals surface area contributed by atoms with E-state index in [1.54, 1.807) is 13.8 Å². The van der Waals surface area contributed by atoms with Crippen molar-refractivity contribution in [3.05, 3.63) is 0 Å². The van der Waals surface area contributed by atoms with Gasteiger partial charge in [0.15, 0.2) is 5.75 Å². The topological polar surface area (TPSA) is 92.7 Å². The van der Waals surface area contributed by atoms with Gasteiger partial charge < -0.3 is 9.84 Å². The van der Waals surface area contributed by atoms with Crippen molar-refractivity contribution < 1.29 is 23.1 Å². The minimum absolute atomic E-state index is 0.0178. The van der Waals surface area contributed by atoms with Gasteiger partial charge in [0.1, 0.15) is 0 Å². The molecule has 0 spiro atoms. The average molecular weight is 253 g/mol. The quantitative estimate of drug-likeness (QED) is 0.576. The maximum Gasteiger partial charge on any atom is 0.322 e. The van der Waals surface area contributed by atoms with Crippen molar-refractivity contribution in [2.24, 2.45) is 0 Å². The number of aliphatic hydroxyl groups is 1. The van der Waals surface area contributed by atoms with Crippen molar-refractivity contribution >= 4 is 16.0 Å². The third-order valence-corrected chi connectivity index (χ3v) is 3.17. The van der Waals surface area contributed by atoms with Crippen molar-refractivity contribution in [2.75, 3.05) is 19.0 Å². The molecule has 2 N–H and O–H groups in total. The lowest BCUT2D eigenvalue weighted by atomic mass is 10.2. The molecule has 0 aromatic carbocycles. The number of esters is 1. The minimum atomic E-state index is -3.64. The van der Waals surface area contributed by atoms with E-state index in [2.05, 4.69) is 9.46 Å². The fourth-order valence-corrected chi connectivity index (χ4v) is 2.37. The van der Waals surface area contributed by atoms with Gasteiger partial charge in [-0.15, -0.1) is 0 Å². The molecule has 0 aliphatic heterocycles. The SMILES string of the molecule is CCOC(=O)CS(=O)(=O)NC(C)CCCO. The van der Waals surface area contributed by atoms with Crippen LogP contribution in [0.2, 0.25) is 0 Å². The van der Waals surface area contributed by atoms with E-state index >= 15 is 0 Å². The third kappa shape index (κ3) is 7.61. The lowest BCUT2D eigenvalue weighted by Crippen LogP contribution is -2.37. The predicted octanol–water partition coefficient (Wildman–Crippen LogP) is -0.370. The second-order valence-electron chi connectivity index (χ2n) is 3.45. The summed E-state index contributed by atoms with van der Waals surface area (Å²) in [6, 6.07) is -0.299. The molecular formula is C9H19NO5S. The number of hydrogen-bond acceptors (Lipinski definition) is 5. The van der Waals surface area contributed by atoms with Crippen LogP contribution >= 0.6 is 0 Å². The lowest BCUT2D eigenvalue weighted by molar-refractivity contribution is -0.139. The Morgan fingerprint density at radius 1 is 1.50 bits per heavy atom. The van der Waals surface area contributed by atoms with E-state index < -0.39 is 21.7 Å². The maximum atomic E-state index is 11.4. The van der Waals surface area contributed by atoms with E-state index in [0.717, 1.165) is 0 Å². The molecule has 0 amide bonds. The maximum absolute atomic E-state index is 11.4. The minimum Gasteiger partial charge on any atom is -0.465 e. The number of hydrogen-bond donors (Lipinski definition) is 2. The van der Waals surface area contributed by atoms with Crippen LogP contribution in [-0.2, 0) is 19.6 Å². The van der Waals surface area contributed by atoms with Crippen LogP contribution in [0.5, 0.6) is 0 Å². The first-order valence-corrected chi connectivity index (χ1v) is 6.83. The van der Waals surface area contributed by atoms with Crippen LogP contribution in [0.15, 0.2) is 0 Å². The number of carbonyl (C=O) groups excluding carboxylic acids is 1. The Balaban J connectivity index is 4.09. The molecule has 0 fully saturated rings. The van der Waals surface area contributed by atoms with Crippen molar-refractivity contribution in [2.45, 2.75) is 32.7 Å². The summed E-state index contributed by atoms with van der Waals surface area (Å²) in [6.45, 7) is 3.47.